The molecule has 0 spiro atoms. The van der Waals surface area contributed by atoms with Gasteiger partial charge in [-0.1, -0.05) is 43.7 Å². The minimum absolute atomic E-state index is 0.169. The molecule has 2 unspecified atom stereocenters. The van der Waals surface area contributed by atoms with E-state index in [1.54, 1.807) is 0 Å². The van der Waals surface area contributed by atoms with E-state index in [0.717, 1.165) is 19.5 Å². The molecule has 3 nitrogen and oxygen atoms in total. The number of nitrogens with zero attached hydrogens (tertiary/aromatic N) is 1. The van der Waals surface area contributed by atoms with Gasteiger partial charge < -0.3 is 5.11 Å². The van der Waals surface area contributed by atoms with E-state index < -0.39 is 5.97 Å². The molecule has 2 rings (SSSR count). The van der Waals surface area contributed by atoms with E-state index in [1.807, 2.05) is 6.07 Å². The molecule has 0 bridgehead atoms. The first-order valence-corrected chi connectivity index (χ1v) is 7.67. The number of carbonyl (C=O) groups is 1. The van der Waals surface area contributed by atoms with Crippen LogP contribution in [0, 0.1) is 0 Å². The fourth-order valence-corrected chi connectivity index (χ4v) is 3.17. The molecular formula is C17H25NO2. The van der Waals surface area contributed by atoms with E-state index in [0.29, 0.717) is 5.92 Å². The van der Waals surface area contributed by atoms with Crippen molar-refractivity contribution in [2.75, 3.05) is 13.1 Å². The van der Waals surface area contributed by atoms with Crippen molar-refractivity contribution in [2.45, 2.75) is 51.0 Å². The van der Waals surface area contributed by atoms with Crippen LogP contribution in [0.15, 0.2) is 30.3 Å². The predicted octanol–water partition coefficient (Wildman–Crippen LogP) is 3.51. The average Bonchev–Trinajstić information content (AvgIpc) is 2.48. The first-order valence-electron chi connectivity index (χ1n) is 7.67. The van der Waals surface area contributed by atoms with Gasteiger partial charge in [-0.05, 0) is 43.8 Å². The van der Waals surface area contributed by atoms with Crippen LogP contribution in [0.5, 0.6) is 0 Å². The summed E-state index contributed by atoms with van der Waals surface area (Å²) in [6.07, 6.45) is 4.88. The lowest BCUT2D eigenvalue weighted by Gasteiger charge is -2.35. The average molecular weight is 275 g/mol. The minimum Gasteiger partial charge on any atom is -0.481 e. The fourth-order valence-electron chi connectivity index (χ4n) is 3.17. The molecule has 1 aliphatic rings. The van der Waals surface area contributed by atoms with Crippen LogP contribution in [0.25, 0.3) is 0 Å². The molecule has 0 amide bonds. The lowest BCUT2D eigenvalue weighted by atomic mass is 9.91. The fraction of sp³-hybridized carbons (Fsp3) is 0.588. The van der Waals surface area contributed by atoms with Gasteiger partial charge >= 0.3 is 5.97 Å². The minimum atomic E-state index is -0.680. The third-order valence-electron chi connectivity index (χ3n) is 4.31. The van der Waals surface area contributed by atoms with Gasteiger partial charge in [-0.3, -0.25) is 9.69 Å². The van der Waals surface area contributed by atoms with Crippen LogP contribution >= 0.6 is 0 Å². The molecule has 0 saturated carbocycles. The van der Waals surface area contributed by atoms with E-state index in [-0.39, 0.29) is 12.5 Å². The van der Waals surface area contributed by atoms with Gasteiger partial charge in [-0.2, -0.15) is 0 Å². The highest BCUT2D eigenvalue weighted by Gasteiger charge is 2.25. The van der Waals surface area contributed by atoms with Crippen LogP contribution in [-0.4, -0.2) is 35.1 Å². The van der Waals surface area contributed by atoms with Crippen molar-refractivity contribution in [3.63, 3.8) is 0 Å². The maximum atomic E-state index is 11.1. The molecule has 1 heterocycles. The first kappa shape index (κ1) is 15.0. The van der Waals surface area contributed by atoms with E-state index in [2.05, 4.69) is 36.1 Å². The van der Waals surface area contributed by atoms with Crippen molar-refractivity contribution >= 4 is 5.97 Å². The van der Waals surface area contributed by atoms with Crippen LogP contribution in [-0.2, 0) is 4.79 Å². The molecule has 2 atom stereocenters. The number of carboxylic acid groups (broad SMARTS) is 1. The molecular weight excluding hydrogens is 250 g/mol. The Morgan fingerprint density at radius 1 is 1.20 bits per heavy atom. The van der Waals surface area contributed by atoms with Crippen LogP contribution < -0.4 is 0 Å². The summed E-state index contributed by atoms with van der Waals surface area (Å²) >= 11 is 0. The highest BCUT2D eigenvalue weighted by atomic mass is 16.4. The maximum Gasteiger partial charge on any atom is 0.304 e. The third-order valence-corrected chi connectivity index (χ3v) is 4.31. The highest BCUT2D eigenvalue weighted by Crippen LogP contribution is 2.26. The highest BCUT2D eigenvalue weighted by molar-refractivity contribution is 5.67. The molecule has 20 heavy (non-hydrogen) atoms. The van der Waals surface area contributed by atoms with Crippen molar-refractivity contribution in [1.29, 1.82) is 0 Å². The first-order chi connectivity index (χ1) is 9.66. The van der Waals surface area contributed by atoms with Gasteiger partial charge in [0.05, 0.1) is 6.42 Å². The molecule has 0 aliphatic carbocycles. The number of piperidine rings is 1. The van der Waals surface area contributed by atoms with Gasteiger partial charge in [0.25, 0.3) is 0 Å². The van der Waals surface area contributed by atoms with E-state index in [4.69, 9.17) is 0 Å². The van der Waals surface area contributed by atoms with Gasteiger partial charge in [0.2, 0.25) is 0 Å². The SMILES string of the molecule is CC(CC(CC(=O)O)N1CCCCC1)c1ccccc1. The van der Waals surface area contributed by atoms with Gasteiger partial charge in [-0.15, -0.1) is 0 Å². The Morgan fingerprint density at radius 3 is 2.45 bits per heavy atom. The smallest absolute Gasteiger partial charge is 0.304 e. The van der Waals surface area contributed by atoms with Gasteiger partial charge in [-0.25, -0.2) is 0 Å². The summed E-state index contributed by atoms with van der Waals surface area (Å²) in [5.74, 6) is -0.275. The van der Waals surface area contributed by atoms with Crippen LogP contribution in [0.2, 0.25) is 0 Å². The molecule has 1 aromatic carbocycles. The Kier molecular flexibility index (Phi) is 5.60. The van der Waals surface area contributed by atoms with E-state index >= 15 is 0 Å². The molecule has 0 radical (unpaired) electrons. The third kappa shape index (κ3) is 4.34. The zero-order chi connectivity index (χ0) is 14.4. The maximum absolute atomic E-state index is 11.1. The largest absolute Gasteiger partial charge is 0.481 e. The van der Waals surface area contributed by atoms with Crippen LogP contribution in [0.4, 0.5) is 0 Å². The Labute approximate surface area is 121 Å². The normalized spacial score (nSPS) is 19.4. The van der Waals surface area contributed by atoms with Gasteiger partial charge in [0.15, 0.2) is 0 Å². The number of hydrogen-bond acceptors (Lipinski definition) is 2. The standard InChI is InChI=1S/C17H25NO2/c1-14(15-8-4-2-5-9-15)12-16(13-17(19)20)18-10-6-3-7-11-18/h2,4-5,8-9,14,16H,3,6-7,10-13H2,1H3,(H,19,20). The summed E-state index contributed by atoms with van der Waals surface area (Å²) < 4.78 is 0. The van der Waals surface area contributed by atoms with Gasteiger partial charge in [0.1, 0.15) is 0 Å². The van der Waals surface area contributed by atoms with Crippen molar-refractivity contribution < 1.29 is 9.90 Å². The Hall–Kier alpha value is -1.35. The topological polar surface area (TPSA) is 40.5 Å². The predicted molar refractivity (Wildman–Crippen MR) is 80.9 cm³/mol. The number of carboxylic acids is 1. The molecule has 1 N–H and O–H groups in total. The van der Waals surface area contributed by atoms with E-state index in [9.17, 15) is 9.90 Å². The summed E-state index contributed by atoms with van der Waals surface area (Å²) in [7, 11) is 0. The lowest BCUT2D eigenvalue weighted by molar-refractivity contribution is -0.138. The zero-order valence-corrected chi connectivity index (χ0v) is 12.3. The number of likely N-dealkylation sites (tertiary alicyclic amines) is 1. The Balaban J connectivity index is 2.01. The molecule has 1 aliphatic heterocycles. The van der Waals surface area contributed by atoms with Gasteiger partial charge in [0, 0.05) is 6.04 Å². The lowest BCUT2D eigenvalue weighted by Crippen LogP contribution is -2.41. The second-order valence-corrected chi connectivity index (χ2v) is 5.90. The molecule has 1 saturated heterocycles. The molecule has 0 aromatic heterocycles. The Morgan fingerprint density at radius 2 is 1.85 bits per heavy atom. The van der Waals surface area contributed by atoms with Crippen molar-refractivity contribution in [2.24, 2.45) is 0 Å². The summed E-state index contributed by atoms with van der Waals surface area (Å²) in [6.45, 7) is 4.31. The van der Waals surface area contributed by atoms with Crippen LogP contribution in [0.1, 0.15) is 50.5 Å². The second kappa shape index (κ2) is 7.44. The summed E-state index contributed by atoms with van der Waals surface area (Å²) in [5, 5.41) is 9.17. The summed E-state index contributed by atoms with van der Waals surface area (Å²) in [5.41, 5.74) is 1.31. The van der Waals surface area contributed by atoms with Crippen molar-refractivity contribution in [3.8, 4) is 0 Å². The molecule has 110 valence electrons. The zero-order valence-electron chi connectivity index (χ0n) is 12.3. The van der Waals surface area contributed by atoms with Crippen LogP contribution in [0.3, 0.4) is 0 Å². The summed E-state index contributed by atoms with van der Waals surface area (Å²) in [4.78, 5) is 13.5. The molecule has 1 aromatic rings. The number of aliphatic carboxylic acids is 1. The number of hydrogen-bond donors (Lipinski definition) is 1. The quantitative estimate of drug-likeness (QED) is 0.863. The molecule has 1 fully saturated rings. The van der Waals surface area contributed by atoms with Crippen molar-refractivity contribution in [1.82, 2.24) is 4.90 Å². The monoisotopic (exact) mass is 275 g/mol. The number of rotatable bonds is 6. The molecule has 3 heteroatoms. The van der Waals surface area contributed by atoms with E-state index in [1.165, 1.54) is 24.8 Å². The van der Waals surface area contributed by atoms with Crippen molar-refractivity contribution in [3.05, 3.63) is 35.9 Å². The second-order valence-electron chi connectivity index (χ2n) is 5.90. The number of benzene rings is 1. The summed E-state index contributed by atoms with van der Waals surface area (Å²) in [6, 6.07) is 10.6. The Bertz CT molecular complexity index is 412.